The average molecular weight is 194 g/mol. The van der Waals surface area contributed by atoms with Gasteiger partial charge in [-0.1, -0.05) is 0 Å². The van der Waals surface area contributed by atoms with E-state index in [1.54, 1.807) is 0 Å². The first-order chi connectivity index (χ1) is 0. The molecule has 0 aromatic rings. The van der Waals surface area contributed by atoms with Crippen LogP contribution in [0.4, 0.5) is 0 Å². The summed E-state index contributed by atoms with van der Waals surface area (Å²) < 4.78 is 0. The SMILES string of the molecule is [Fe].[Mg].[Mn].[Ni]. The first-order valence-electron chi connectivity index (χ1n) is 0. The summed E-state index contributed by atoms with van der Waals surface area (Å²) in [5.74, 6) is 0. The van der Waals surface area contributed by atoms with E-state index in [-0.39, 0.29) is 73.7 Å². The van der Waals surface area contributed by atoms with E-state index < -0.39 is 0 Å². The second-order valence-corrected chi connectivity index (χ2v) is 0. The monoisotopic (exact) mass is 193 g/mol. The van der Waals surface area contributed by atoms with Gasteiger partial charge in [-0.15, -0.1) is 0 Å². The van der Waals surface area contributed by atoms with Crippen LogP contribution in [-0.2, 0) is 50.6 Å². The van der Waals surface area contributed by atoms with Gasteiger partial charge in [-0.25, -0.2) is 0 Å². The fraction of sp³-hybridized carbons (Fsp3) is 0. The second kappa shape index (κ2) is 18.5. The van der Waals surface area contributed by atoms with Crippen molar-refractivity contribution in [2.75, 3.05) is 0 Å². The van der Waals surface area contributed by atoms with Crippen molar-refractivity contribution in [2.45, 2.75) is 0 Å². The summed E-state index contributed by atoms with van der Waals surface area (Å²) in [6.07, 6.45) is 0. The molecule has 0 saturated heterocycles. The van der Waals surface area contributed by atoms with Crippen LogP contribution in [0.3, 0.4) is 0 Å². The van der Waals surface area contributed by atoms with Crippen LogP contribution in [-0.4, -0.2) is 23.1 Å². The van der Waals surface area contributed by atoms with E-state index in [0.717, 1.165) is 0 Å². The van der Waals surface area contributed by atoms with E-state index in [1.165, 1.54) is 0 Å². The summed E-state index contributed by atoms with van der Waals surface area (Å²) >= 11 is 0. The van der Waals surface area contributed by atoms with Gasteiger partial charge in [0.15, 0.2) is 0 Å². The van der Waals surface area contributed by atoms with Crippen molar-refractivity contribution in [2.24, 2.45) is 0 Å². The summed E-state index contributed by atoms with van der Waals surface area (Å²) in [6, 6.07) is 0. The van der Waals surface area contributed by atoms with Crippen molar-refractivity contribution in [1.29, 1.82) is 0 Å². The van der Waals surface area contributed by atoms with Gasteiger partial charge >= 0.3 is 0 Å². The van der Waals surface area contributed by atoms with Crippen LogP contribution >= 0.6 is 0 Å². The van der Waals surface area contributed by atoms with Gasteiger partial charge in [0, 0.05) is 73.7 Å². The van der Waals surface area contributed by atoms with Gasteiger partial charge in [-0.3, -0.25) is 0 Å². The zero-order chi connectivity index (χ0) is 0. The van der Waals surface area contributed by atoms with E-state index in [1.807, 2.05) is 0 Å². The fourth-order valence-corrected chi connectivity index (χ4v) is 0. The molecule has 0 saturated carbocycles. The molecule has 3 radical (unpaired) electrons. The van der Waals surface area contributed by atoms with E-state index in [0.29, 0.717) is 0 Å². The van der Waals surface area contributed by atoms with Gasteiger partial charge < -0.3 is 0 Å². The van der Waals surface area contributed by atoms with Crippen LogP contribution in [0.15, 0.2) is 0 Å². The van der Waals surface area contributed by atoms with Gasteiger partial charge in [-0.2, -0.15) is 0 Å². The van der Waals surface area contributed by atoms with Crippen LogP contribution in [0.5, 0.6) is 0 Å². The van der Waals surface area contributed by atoms with Crippen molar-refractivity contribution in [1.82, 2.24) is 0 Å². The van der Waals surface area contributed by atoms with Gasteiger partial charge in [0.1, 0.15) is 0 Å². The molecule has 27 valence electrons. The number of hydrogen-bond acceptors (Lipinski definition) is 0. The predicted molar refractivity (Wildman–Crippen MR) is 5.75 cm³/mol. The molecule has 0 aliphatic carbocycles. The predicted octanol–water partition coefficient (Wildman–Crippen LogP) is -0.388. The molecule has 0 fully saturated rings. The number of rotatable bonds is 0. The molecule has 0 N–H and O–H groups in total. The van der Waals surface area contributed by atoms with Crippen LogP contribution in [0, 0.1) is 0 Å². The standard InChI is InChI=1S/Fe.Mg.Mn.Ni. The molecule has 0 unspecified atom stereocenters. The maximum absolute atomic E-state index is 0. The molecule has 0 spiro atoms. The first-order valence-corrected chi connectivity index (χ1v) is 0. The van der Waals surface area contributed by atoms with Crippen LogP contribution in [0.1, 0.15) is 0 Å². The Morgan fingerprint density at radius 3 is 1.00 bits per heavy atom. The Morgan fingerprint density at radius 2 is 1.00 bits per heavy atom. The quantitative estimate of drug-likeness (QED) is 0.460. The summed E-state index contributed by atoms with van der Waals surface area (Å²) in [7, 11) is 0. The summed E-state index contributed by atoms with van der Waals surface area (Å²) in [6.45, 7) is 0. The molecule has 0 aliphatic rings. The van der Waals surface area contributed by atoms with Gasteiger partial charge in [0.2, 0.25) is 0 Å². The molecular formula is FeMgMnNi. The van der Waals surface area contributed by atoms with Crippen molar-refractivity contribution >= 4 is 23.1 Å². The molecule has 0 aliphatic heterocycles. The minimum Gasteiger partial charge on any atom is 0 e. The van der Waals surface area contributed by atoms with Crippen LogP contribution < -0.4 is 0 Å². The minimum absolute atomic E-state index is 0. The van der Waals surface area contributed by atoms with Crippen molar-refractivity contribution in [3.05, 3.63) is 0 Å². The summed E-state index contributed by atoms with van der Waals surface area (Å²) in [5.41, 5.74) is 0. The molecule has 0 nitrogen and oxygen atoms in total. The van der Waals surface area contributed by atoms with Gasteiger partial charge in [-0.05, 0) is 0 Å². The third-order valence-electron chi connectivity index (χ3n) is 0. The van der Waals surface area contributed by atoms with E-state index >= 15 is 0 Å². The topological polar surface area (TPSA) is 0 Å². The Labute approximate surface area is 72.9 Å². The fourth-order valence-electron chi connectivity index (χ4n) is 0. The molecule has 0 aromatic carbocycles. The molecule has 0 atom stereocenters. The Kier molecular flexibility index (Phi) is 155. The Hall–Kier alpha value is 2.30. The minimum atomic E-state index is 0. The largest absolute Gasteiger partial charge is 0 e. The summed E-state index contributed by atoms with van der Waals surface area (Å²) in [4.78, 5) is 0. The van der Waals surface area contributed by atoms with Crippen LogP contribution in [0.2, 0.25) is 0 Å². The van der Waals surface area contributed by atoms with Gasteiger partial charge in [0.05, 0.1) is 0 Å². The normalized spacial score (nSPS) is 0. The Bertz CT molecular complexity index is 8.00. The van der Waals surface area contributed by atoms with Crippen LogP contribution in [0.25, 0.3) is 0 Å². The zero-order valence-electron chi connectivity index (χ0n) is 1.75. The van der Waals surface area contributed by atoms with Crippen molar-refractivity contribution in [3.63, 3.8) is 0 Å². The summed E-state index contributed by atoms with van der Waals surface area (Å²) in [5, 5.41) is 0. The third-order valence-corrected chi connectivity index (χ3v) is 0. The molecule has 4 heavy (non-hydrogen) atoms. The Balaban J connectivity index is 0. The van der Waals surface area contributed by atoms with Crippen molar-refractivity contribution in [3.8, 4) is 0 Å². The maximum atomic E-state index is 0. The van der Waals surface area contributed by atoms with Gasteiger partial charge in [0.25, 0.3) is 0 Å². The molecular weight excluding hydrogens is 194 g/mol. The van der Waals surface area contributed by atoms with E-state index in [9.17, 15) is 0 Å². The molecule has 0 aromatic heterocycles. The molecule has 0 heterocycles. The molecule has 0 rings (SSSR count). The molecule has 4 heteroatoms. The van der Waals surface area contributed by atoms with E-state index in [2.05, 4.69) is 0 Å². The average Bonchev–Trinajstić information content (AvgIpc) is 0. The second-order valence-electron chi connectivity index (χ2n) is 0. The first kappa shape index (κ1) is 33.5. The molecule has 0 amide bonds. The smallest absolute Gasteiger partial charge is 0 e. The molecule has 0 bridgehead atoms. The Morgan fingerprint density at radius 1 is 1.00 bits per heavy atom. The third kappa shape index (κ3) is 8.85. The zero-order valence-corrected chi connectivity index (χ0v) is 6.44. The van der Waals surface area contributed by atoms with Crippen molar-refractivity contribution < 1.29 is 50.6 Å². The maximum Gasteiger partial charge on any atom is 0 e. The number of hydrogen-bond donors (Lipinski definition) is 0. The van der Waals surface area contributed by atoms with E-state index in [4.69, 9.17) is 0 Å².